The number of aliphatic hydroxyl groups is 3. The number of nitrogens with two attached hydrogens (primary N) is 1. The molecule has 0 spiro atoms. The summed E-state index contributed by atoms with van der Waals surface area (Å²) in [4.78, 5) is 21.9. The van der Waals surface area contributed by atoms with Gasteiger partial charge in [0.05, 0.1) is 18.7 Å². The first kappa shape index (κ1) is 19.2. The Labute approximate surface area is 127 Å². The minimum atomic E-state index is -5.25. The quantitative estimate of drug-likeness (QED) is 0.317. The van der Waals surface area contributed by atoms with E-state index in [2.05, 4.69) is 0 Å². The molecule has 0 aliphatic carbocycles. The summed E-state index contributed by atoms with van der Waals surface area (Å²) in [6.07, 6.45) is -10.2. The van der Waals surface area contributed by atoms with Crippen molar-refractivity contribution >= 4 is 11.9 Å². The molecule has 0 fully saturated rings. The number of rotatable bonds is 5. The molecule has 0 aromatic heterocycles. The molecule has 1 unspecified atom stereocenters. The summed E-state index contributed by atoms with van der Waals surface area (Å²) in [6, 6.07) is -3.14. The van der Waals surface area contributed by atoms with Crippen LogP contribution in [-0.4, -0.2) is 75.5 Å². The minimum Gasteiger partial charge on any atom is -0.478 e. The molecule has 0 radical (unpaired) electrons. The number of aliphatic carboxylic acids is 1. The van der Waals surface area contributed by atoms with E-state index in [1.165, 1.54) is 5.32 Å². The number of halogens is 3. The summed E-state index contributed by atoms with van der Waals surface area (Å²) >= 11 is 0. The monoisotopic (exact) mass is 344 g/mol. The van der Waals surface area contributed by atoms with E-state index in [1.54, 1.807) is 0 Å². The SMILES string of the molecule is N[C@H]1C=C(C(=O)O)O[C@@H](C(O)[C@H](O)CO)[C@@H]1NC(=O)C(F)(F)F. The number of amides is 1. The molecule has 0 aromatic carbocycles. The Morgan fingerprint density at radius 2 is 1.96 bits per heavy atom. The van der Waals surface area contributed by atoms with Gasteiger partial charge in [0.1, 0.15) is 18.3 Å². The van der Waals surface area contributed by atoms with Gasteiger partial charge in [-0.3, -0.25) is 4.79 Å². The second kappa shape index (κ2) is 7.12. The third-order valence-corrected chi connectivity index (χ3v) is 3.06. The van der Waals surface area contributed by atoms with Crippen molar-refractivity contribution in [1.82, 2.24) is 5.32 Å². The van der Waals surface area contributed by atoms with Gasteiger partial charge < -0.3 is 36.2 Å². The molecule has 9 nitrogen and oxygen atoms in total. The van der Waals surface area contributed by atoms with Crippen molar-refractivity contribution in [3.8, 4) is 0 Å². The van der Waals surface area contributed by atoms with Crippen LogP contribution in [0.25, 0.3) is 0 Å². The Balaban J connectivity index is 3.10. The molecule has 7 N–H and O–H groups in total. The van der Waals surface area contributed by atoms with Gasteiger partial charge in [-0.2, -0.15) is 13.2 Å². The summed E-state index contributed by atoms with van der Waals surface area (Å²) in [5, 5.41) is 38.3. The van der Waals surface area contributed by atoms with Crippen LogP contribution in [0, 0.1) is 0 Å². The van der Waals surface area contributed by atoms with Gasteiger partial charge >= 0.3 is 18.1 Å². The minimum absolute atomic E-state index is 0.748. The van der Waals surface area contributed by atoms with Crippen LogP contribution >= 0.6 is 0 Å². The van der Waals surface area contributed by atoms with E-state index in [9.17, 15) is 33.0 Å². The lowest BCUT2D eigenvalue weighted by atomic mass is 9.92. The van der Waals surface area contributed by atoms with Crippen LogP contribution in [0.3, 0.4) is 0 Å². The molecule has 132 valence electrons. The van der Waals surface area contributed by atoms with Gasteiger partial charge in [0.25, 0.3) is 0 Å². The number of hydrogen-bond acceptors (Lipinski definition) is 7. The number of ether oxygens (including phenoxy) is 1. The highest BCUT2D eigenvalue weighted by molar-refractivity contribution is 5.85. The lowest BCUT2D eigenvalue weighted by Gasteiger charge is -2.38. The number of aliphatic hydroxyl groups excluding tert-OH is 3. The first-order valence-corrected chi connectivity index (χ1v) is 6.21. The van der Waals surface area contributed by atoms with Gasteiger partial charge in [-0.25, -0.2) is 4.79 Å². The maximum absolute atomic E-state index is 12.3. The van der Waals surface area contributed by atoms with Crippen molar-refractivity contribution in [1.29, 1.82) is 0 Å². The van der Waals surface area contributed by atoms with Crippen molar-refractivity contribution in [3.63, 3.8) is 0 Å². The summed E-state index contributed by atoms with van der Waals surface area (Å²) in [7, 11) is 0. The van der Waals surface area contributed by atoms with Gasteiger partial charge in [0.15, 0.2) is 0 Å². The van der Waals surface area contributed by atoms with Gasteiger partial charge in [0, 0.05) is 0 Å². The van der Waals surface area contributed by atoms with Crippen LogP contribution in [0.1, 0.15) is 0 Å². The molecule has 0 saturated heterocycles. The first-order chi connectivity index (χ1) is 10.5. The van der Waals surface area contributed by atoms with Crippen LogP contribution in [0.15, 0.2) is 11.8 Å². The summed E-state index contributed by atoms with van der Waals surface area (Å²) < 4.78 is 41.8. The fraction of sp³-hybridized carbons (Fsp3) is 0.636. The third kappa shape index (κ3) is 4.54. The highest BCUT2D eigenvalue weighted by Crippen LogP contribution is 2.23. The number of carbonyl (C=O) groups excluding carboxylic acids is 1. The molecule has 1 aliphatic rings. The van der Waals surface area contributed by atoms with E-state index in [-0.39, 0.29) is 0 Å². The molecule has 1 amide bonds. The van der Waals surface area contributed by atoms with Crippen molar-refractivity contribution in [2.45, 2.75) is 36.6 Å². The van der Waals surface area contributed by atoms with E-state index in [4.69, 9.17) is 20.7 Å². The van der Waals surface area contributed by atoms with E-state index in [0.29, 0.717) is 0 Å². The molecule has 0 saturated carbocycles. The number of carbonyl (C=O) groups is 2. The highest BCUT2D eigenvalue weighted by atomic mass is 19.4. The number of nitrogens with one attached hydrogen (secondary N) is 1. The molecule has 1 rings (SSSR count). The molecule has 0 aromatic rings. The van der Waals surface area contributed by atoms with Crippen LogP contribution in [0.5, 0.6) is 0 Å². The molecular weight excluding hydrogens is 329 g/mol. The van der Waals surface area contributed by atoms with E-state index >= 15 is 0 Å². The van der Waals surface area contributed by atoms with Crippen molar-refractivity contribution in [3.05, 3.63) is 11.8 Å². The van der Waals surface area contributed by atoms with Gasteiger partial charge in [0.2, 0.25) is 5.76 Å². The average Bonchev–Trinajstić information content (AvgIpc) is 2.45. The topological polar surface area (TPSA) is 162 Å². The Hall–Kier alpha value is -1.89. The Morgan fingerprint density at radius 1 is 1.39 bits per heavy atom. The van der Waals surface area contributed by atoms with Gasteiger partial charge in [-0.15, -0.1) is 0 Å². The van der Waals surface area contributed by atoms with Crippen LogP contribution in [-0.2, 0) is 14.3 Å². The van der Waals surface area contributed by atoms with Crippen LogP contribution < -0.4 is 11.1 Å². The number of carboxylic acid groups (broad SMARTS) is 1. The maximum Gasteiger partial charge on any atom is 0.471 e. The lowest BCUT2D eigenvalue weighted by molar-refractivity contribution is -0.177. The Kier molecular flexibility index (Phi) is 5.93. The number of alkyl halides is 3. The van der Waals surface area contributed by atoms with Gasteiger partial charge in [-0.1, -0.05) is 0 Å². The van der Waals surface area contributed by atoms with E-state index in [0.717, 1.165) is 6.08 Å². The Morgan fingerprint density at radius 3 is 2.39 bits per heavy atom. The zero-order chi connectivity index (χ0) is 17.9. The smallest absolute Gasteiger partial charge is 0.471 e. The molecule has 12 heteroatoms. The molecule has 23 heavy (non-hydrogen) atoms. The molecular formula is C11H15F3N2O7. The predicted octanol–water partition coefficient (Wildman–Crippen LogP) is -2.56. The second-order valence-electron chi connectivity index (χ2n) is 4.73. The zero-order valence-electron chi connectivity index (χ0n) is 11.4. The van der Waals surface area contributed by atoms with E-state index < -0.39 is 60.8 Å². The predicted molar refractivity (Wildman–Crippen MR) is 65.7 cm³/mol. The number of hydrogen-bond donors (Lipinski definition) is 6. The standard InChI is InChI=1S/C11H15F3N2O7/c12-11(13,14)10(22)16-6-3(15)1-5(9(20)21)23-8(6)7(19)4(18)2-17/h1,3-4,6-8,17-19H,2,15H2,(H,16,22)(H,20,21)/t3-,4+,6+,7?,8+/m0/s1. The van der Waals surface area contributed by atoms with Crippen molar-refractivity contribution in [2.75, 3.05) is 6.61 Å². The van der Waals surface area contributed by atoms with Crippen LogP contribution in [0.2, 0.25) is 0 Å². The average molecular weight is 344 g/mol. The molecule has 1 aliphatic heterocycles. The normalized spacial score (nSPS) is 27.4. The van der Waals surface area contributed by atoms with Crippen molar-refractivity contribution < 1.29 is 47.9 Å². The van der Waals surface area contributed by atoms with Gasteiger partial charge in [-0.05, 0) is 6.08 Å². The van der Waals surface area contributed by atoms with E-state index in [1.807, 2.05) is 0 Å². The lowest BCUT2D eigenvalue weighted by Crippen LogP contribution is -2.63. The molecule has 1 heterocycles. The number of carboxylic acids is 1. The van der Waals surface area contributed by atoms with Crippen LogP contribution in [0.4, 0.5) is 13.2 Å². The maximum atomic E-state index is 12.3. The fourth-order valence-electron chi connectivity index (χ4n) is 1.90. The molecule has 5 atom stereocenters. The largest absolute Gasteiger partial charge is 0.478 e. The first-order valence-electron chi connectivity index (χ1n) is 6.21. The molecule has 0 bridgehead atoms. The fourth-order valence-corrected chi connectivity index (χ4v) is 1.90. The Bertz CT molecular complexity index is 497. The third-order valence-electron chi connectivity index (χ3n) is 3.06. The second-order valence-corrected chi connectivity index (χ2v) is 4.73. The summed E-state index contributed by atoms with van der Waals surface area (Å²) in [5.41, 5.74) is 5.51. The summed E-state index contributed by atoms with van der Waals surface area (Å²) in [5.74, 6) is -4.77. The zero-order valence-corrected chi connectivity index (χ0v) is 11.4. The van der Waals surface area contributed by atoms with Crippen molar-refractivity contribution in [2.24, 2.45) is 5.73 Å². The summed E-state index contributed by atoms with van der Waals surface area (Å²) in [6.45, 7) is -0.984. The highest BCUT2D eigenvalue weighted by Gasteiger charge is 2.47.